The van der Waals surface area contributed by atoms with Gasteiger partial charge in [0, 0.05) is 17.7 Å². The highest BCUT2D eigenvalue weighted by atomic mass is 35.5. The number of nitrogens with zero attached hydrogens (tertiary/aromatic N) is 3. The van der Waals surface area contributed by atoms with Gasteiger partial charge in [-0.3, -0.25) is 4.98 Å². The molecule has 2 aromatic rings. The first-order valence-corrected chi connectivity index (χ1v) is 7.06. The lowest BCUT2D eigenvalue weighted by atomic mass is 10.2. The van der Waals surface area contributed by atoms with E-state index in [1.54, 1.807) is 6.07 Å². The van der Waals surface area contributed by atoms with Crippen molar-refractivity contribution < 1.29 is 4.74 Å². The summed E-state index contributed by atoms with van der Waals surface area (Å²) in [6.45, 7) is 8.03. The largest absolute Gasteiger partial charge is 0.437 e. The molecule has 0 aliphatic carbocycles. The molecule has 20 heavy (non-hydrogen) atoms. The van der Waals surface area contributed by atoms with Gasteiger partial charge in [-0.25, -0.2) is 4.98 Å². The molecule has 0 atom stereocenters. The first kappa shape index (κ1) is 14.7. The molecule has 0 bridgehead atoms. The zero-order valence-electron chi connectivity index (χ0n) is 12.1. The minimum atomic E-state index is 0.192. The Morgan fingerprint density at radius 1 is 1.20 bits per heavy atom. The summed E-state index contributed by atoms with van der Waals surface area (Å²) in [6, 6.07) is 5.44. The third-order valence-electron chi connectivity index (χ3n) is 2.83. The molecule has 4 nitrogen and oxygen atoms in total. The first-order valence-electron chi connectivity index (χ1n) is 6.68. The van der Waals surface area contributed by atoms with Gasteiger partial charge in [0.2, 0.25) is 5.88 Å². The van der Waals surface area contributed by atoms with Crippen molar-refractivity contribution in [3.05, 3.63) is 40.6 Å². The van der Waals surface area contributed by atoms with E-state index in [4.69, 9.17) is 16.3 Å². The molecule has 0 spiro atoms. The minimum absolute atomic E-state index is 0.192. The van der Waals surface area contributed by atoms with E-state index >= 15 is 0 Å². The van der Waals surface area contributed by atoms with Crippen LogP contribution in [0.3, 0.4) is 0 Å². The standard InChI is InChI=1S/C15H18ClN3O/c1-5-11-12(7-6-10(4)17-11)20-14-8-13(16)18-15(19-14)9(2)3/h6-9H,5H2,1-4H3. The van der Waals surface area contributed by atoms with E-state index in [1.807, 2.05) is 39.8 Å². The molecule has 0 amide bonds. The zero-order chi connectivity index (χ0) is 14.7. The highest BCUT2D eigenvalue weighted by molar-refractivity contribution is 6.29. The van der Waals surface area contributed by atoms with Crippen molar-refractivity contribution in [3.8, 4) is 11.6 Å². The molecule has 0 aliphatic rings. The number of hydrogen-bond acceptors (Lipinski definition) is 4. The molecule has 0 aliphatic heterocycles. The van der Waals surface area contributed by atoms with Crippen molar-refractivity contribution in [2.75, 3.05) is 0 Å². The van der Waals surface area contributed by atoms with Crippen LogP contribution in [0.25, 0.3) is 0 Å². The maximum Gasteiger partial charge on any atom is 0.224 e. The molecular formula is C15H18ClN3O. The molecule has 0 N–H and O–H groups in total. The van der Waals surface area contributed by atoms with E-state index in [-0.39, 0.29) is 5.92 Å². The van der Waals surface area contributed by atoms with Crippen LogP contribution < -0.4 is 4.74 Å². The highest BCUT2D eigenvalue weighted by Crippen LogP contribution is 2.26. The lowest BCUT2D eigenvalue weighted by molar-refractivity contribution is 0.448. The van der Waals surface area contributed by atoms with Crippen molar-refractivity contribution in [2.24, 2.45) is 0 Å². The molecule has 2 aromatic heterocycles. The van der Waals surface area contributed by atoms with Gasteiger partial charge in [-0.15, -0.1) is 0 Å². The van der Waals surface area contributed by atoms with Crippen molar-refractivity contribution >= 4 is 11.6 Å². The summed E-state index contributed by atoms with van der Waals surface area (Å²) in [6.07, 6.45) is 0.798. The second kappa shape index (κ2) is 6.18. The van der Waals surface area contributed by atoms with Gasteiger partial charge in [-0.05, 0) is 25.5 Å². The van der Waals surface area contributed by atoms with Gasteiger partial charge in [0.1, 0.15) is 11.0 Å². The van der Waals surface area contributed by atoms with Gasteiger partial charge in [-0.1, -0.05) is 32.4 Å². The SMILES string of the molecule is CCc1nc(C)ccc1Oc1cc(Cl)nc(C(C)C)n1. The molecule has 0 fully saturated rings. The van der Waals surface area contributed by atoms with Crippen LogP contribution in [0.1, 0.15) is 43.9 Å². The van der Waals surface area contributed by atoms with Crippen molar-refractivity contribution in [3.63, 3.8) is 0 Å². The van der Waals surface area contributed by atoms with Gasteiger partial charge in [0.25, 0.3) is 0 Å². The quantitative estimate of drug-likeness (QED) is 0.788. The van der Waals surface area contributed by atoms with E-state index in [0.29, 0.717) is 22.6 Å². The Bertz CT molecular complexity index is 614. The van der Waals surface area contributed by atoms with Gasteiger partial charge in [-0.2, -0.15) is 4.98 Å². The van der Waals surface area contributed by atoms with Gasteiger partial charge < -0.3 is 4.74 Å². The Morgan fingerprint density at radius 3 is 2.60 bits per heavy atom. The Hall–Kier alpha value is -1.68. The predicted molar refractivity (Wildman–Crippen MR) is 79.6 cm³/mol. The molecule has 5 heteroatoms. The highest BCUT2D eigenvalue weighted by Gasteiger charge is 2.11. The zero-order valence-corrected chi connectivity index (χ0v) is 12.9. The van der Waals surface area contributed by atoms with E-state index in [1.165, 1.54) is 0 Å². The normalized spacial score (nSPS) is 10.9. The van der Waals surface area contributed by atoms with Crippen LogP contribution in [0.4, 0.5) is 0 Å². The summed E-state index contributed by atoms with van der Waals surface area (Å²) < 4.78 is 5.83. The first-order chi connectivity index (χ1) is 9.49. The van der Waals surface area contributed by atoms with E-state index in [2.05, 4.69) is 15.0 Å². The van der Waals surface area contributed by atoms with E-state index in [9.17, 15) is 0 Å². The van der Waals surface area contributed by atoms with Crippen LogP contribution in [0.15, 0.2) is 18.2 Å². The predicted octanol–water partition coefficient (Wildman–Crippen LogP) is 4.31. The van der Waals surface area contributed by atoms with Crippen LogP contribution in [0, 0.1) is 6.92 Å². The maximum atomic E-state index is 6.01. The average molecular weight is 292 g/mol. The summed E-state index contributed by atoms with van der Waals surface area (Å²) in [7, 11) is 0. The fourth-order valence-corrected chi connectivity index (χ4v) is 1.96. The number of halogens is 1. The molecule has 0 radical (unpaired) electrons. The lowest BCUT2D eigenvalue weighted by Gasteiger charge is -2.11. The number of aryl methyl sites for hydroxylation is 2. The van der Waals surface area contributed by atoms with E-state index < -0.39 is 0 Å². The topological polar surface area (TPSA) is 47.9 Å². The Balaban J connectivity index is 2.34. The minimum Gasteiger partial charge on any atom is -0.437 e. The summed E-state index contributed by atoms with van der Waals surface area (Å²) in [4.78, 5) is 13.0. The average Bonchev–Trinajstić information content (AvgIpc) is 2.40. The Morgan fingerprint density at radius 2 is 1.95 bits per heavy atom. The van der Waals surface area contributed by atoms with Crippen LogP contribution >= 0.6 is 11.6 Å². The third kappa shape index (κ3) is 3.45. The number of hydrogen-bond donors (Lipinski definition) is 0. The van der Waals surface area contributed by atoms with Crippen LogP contribution in [-0.2, 0) is 6.42 Å². The molecule has 0 saturated carbocycles. The third-order valence-corrected chi connectivity index (χ3v) is 3.02. The fraction of sp³-hybridized carbons (Fsp3) is 0.400. The fourth-order valence-electron chi connectivity index (χ4n) is 1.78. The summed E-state index contributed by atoms with van der Waals surface area (Å²) >= 11 is 6.01. The second-order valence-corrected chi connectivity index (χ2v) is 5.28. The van der Waals surface area contributed by atoms with Crippen molar-refractivity contribution in [1.82, 2.24) is 15.0 Å². The summed E-state index contributed by atoms with van der Waals surface area (Å²) in [5, 5.41) is 0.386. The summed E-state index contributed by atoms with van der Waals surface area (Å²) in [5.41, 5.74) is 1.88. The number of ether oxygens (including phenoxy) is 1. The van der Waals surface area contributed by atoms with Gasteiger partial charge >= 0.3 is 0 Å². The van der Waals surface area contributed by atoms with E-state index in [0.717, 1.165) is 17.8 Å². The summed E-state index contributed by atoms with van der Waals surface area (Å²) in [5.74, 6) is 2.03. The van der Waals surface area contributed by atoms with Crippen LogP contribution in [-0.4, -0.2) is 15.0 Å². The molecule has 0 unspecified atom stereocenters. The van der Waals surface area contributed by atoms with Gasteiger partial charge in [0.15, 0.2) is 5.75 Å². The molecule has 0 aromatic carbocycles. The monoisotopic (exact) mass is 291 g/mol. The molecule has 2 heterocycles. The number of pyridine rings is 1. The number of rotatable bonds is 4. The Kier molecular flexibility index (Phi) is 4.55. The van der Waals surface area contributed by atoms with Crippen molar-refractivity contribution in [1.29, 1.82) is 0 Å². The molecule has 0 saturated heterocycles. The van der Waals surface area contributed by atoms with Crippen LogP contribution in [0.5, 0.6) is 11.6 Å². The smallest absolute Gasteiger partial charge is 0.224 e. The Labute approximate surface area is 124 Å². The van der Waals surface area contributed by atoms with Crippen LogP contribution in [0.2, 0.25) is 5.15 Å². The number of aromatic nitrogens is 3. The second-order valence-electron chi connectivity index (χ2n) is 4.89. The molecule has 106 valence electrons. The molecule has 2 rings (SSSR count). The van der Waals surface area contributed by atoms with Gasteiger partial charge in [0.05, 0.1) is 5.69 Å². The molecular weight excluding hydrogens is 274 g/mol. The maximum absolute atomic E-state index is 6.01. The lowest BCUT2D eigenvalue weighted by Crippen LogP contribution is -2.01. The van der Waals surface area contributed by atoms with Crippen molar-refractivity contribution in [2.45, 2.75) is 40.0 Å².